The van der Waals surface area contributed by atoms with Crippen LogP contribution in [-0.2, 0) is 24.7 Å². The first-order valence-electron chi connectivity index (χ1n) is 6.80. The van der Waals surface area contributed by atoms with Gasteiger partial charge in [0.05, 0.1) is 13.0 Å². The highest BCUT2D eigenvalue weighted by atomic mass is 16.5. The molecule has 0 bridgehead atoms. The van der Waals surface area contributed by atoms with E-state index in [1.165, 1.54) is 6.92 Å². The fourth-order valence-electron chi connectivity index (χ4n) is 2.19. The fourth-order valence-corrected chi connectivity index (χ4v) is 2.19. The molecule has 0 radical (unpaired) electrons. The quantitative estimate of drug-likeness (QED) is 0.686. The topological polar surface area (TPSA) is 52.6 Å². The van der Waals surface area contributed by atoms with E-state index >= 15 is 0 Å². The van der Waals surface area contributed by atoms with Gasteiger partial charge < -0.3 is 14.3 Å². The van der Waals surface area contributed by atoms with Crippen molar-refractivity contribution in [3.05, 3.63) is 35.9 Å². The third-order valence-corrected chi connectivity index (χ3v) is 3.31. The minimum absolute atomic E-state index is 0.0752. The van der Waals surface area contributed by atoms with E-state index in [0.717, 1.165) is 5.56 Å². The molecule has 0 saturated carbocycles. The van der Waals surface area contributed by atoms with Crippen molar-refractivity contribution in [2.45, 2.75) is 38.7 Å². The lowest BCUT2D eigenvalue weighted by Crippen LogP contribution is -2.33. The van der Waals surface area contributed by atoms with Gasteiger partial charge in [-0.1, -0.05) is 30.3 Å². The summed E-state index contributed by atoms with van der Waals surface area (Å²) < 4.78 is 10.7. The van der Waals surface area contributed by atoms with Crippen molar-refractivity contribution >= 4 is 11.8 Å². The number of carbonyl (C=O) groups is 2. The first-order valence-corrected chi connectivity index (χ1v) is 6.80. The normalized spacial score (nSPS) is 13.6. The van der Waals surface area contributed by atoms with Gasteiger partial charge in [0, 0.05) is 13.5 Å². The van der Waals surface area contributed by atoms with Crippen molar-refractivity contribution in [3.63, 3.8) is 0 Å². The summed E-state index contributed by atoms with van der Waals surface area (Å²) in [6.45, 7) is 3.64. The third-order valence-electron chi connectivity index (χ3n) is 3.31. The molecule has 0 aliphatic rings. The molecule has 0 amide bonds. The minimum atomic E-state index is -0.806. The number of rotatable bonds is 8. The molecule has 0 spiro atoms. The predicted octanol–water partition coefficient (Wildman–Crippen LogP) is 2.85. The van der Waals surface area contributed by atoms with Gasteiger partial charge in [0.25, 0.3) is 0 Å². The Morgan fingerprint density at radius 1 is 1.20 bits per heavy atom. The Kier molecular flexibility index (Phi) is 6.39. The highest BCUT2D eigenvalue weighted by molar-refractivity contribution is 5.76. The van der Waals surface area contributed by atoms with Crippen LogP contribution in [0.4, 0.5) is 0 Å². The third kappa shape index (κ3) is 4.46. The average Bonchev–Trinajstić information content (AvgIpc) is 2.44. The van der Waals surface area contributed by atoms with E-state index in [2.05, 4.69) is 0 Å². The maximum Gasteiger partial charge on any atom is 0.309 e. The smallest absolute Gasteiger partial charge is 0.309 e. The van der Waals surface area contributed by atoms with Gasteiger partial charge in [-0.15, -0.1) is 0 Å². The lowest BCUT2D eigenvalue weighted by atomic mass is 9.85. The summed E-state index contributed by atoms with van der Waals surface area (Å²) >= 11 is 0. The van der Waals surface area contributed by atoms with Gasteiger partial charge in [-0.05, 0) is 25.8 Å². The second-order valence-corrected chi connectivity index (χ2v) is 4.75. The van der Waals surface area contributed by atoms with E-state index in [0.29, 0.717) is 19.4 Å². The van der Waals surface area contributed by atoms with Gasteiger partial charge in [0.2, 0.25) is 0 Å². The molecule has 110 valence electrons. The largest absolute Gasteiger partial charge is 0.466 e. The number of benzene rings is 1. The van der Waals surface area contributed by atoms with Crippen LogP contribution in [-0.4, -0.2) is 25.5 Å². The monoisotopic (exact) mass is 278 g/mol. The van der Waals surface area contributed by atoms with Crippen LogP contribution in [0.25, 0.3) is 0 Å². The summed E-state index contributed by atoms with van der Waals surface area (Å²) in [5.41, 5.74) is 0.0796. The Hall–Kier alpha value is -1.68. The van der Waals surface area contributed by atoms with Gasteiger partial charge in [0.15, 0.2) is 0 Å². The molecule has 1 rings (SSSR count). The summed E-state index contributed by atoms with van der Waals surface area (Å²) in [4.78, 5) is 23.1. The zero-order valence-electron chi connectivity index (χ0n) is 12.3. The van der Waals surface area contributed by atoms with E-state index in [-0.39, 0.29) is 18.2 Å². The van der Waals surface area contributed by atoms with E-state index in [1.54, 1.807) is 14.0 Å². The first kappa shape index (κ1) is 16.4. The maximum absolute atomic E-state index is 11.8. The van der Waals surface area contributed by atoms with Crippen molar-refractivity contribution in [3.8, 4) is 0 Å². The van der Waals surface area contributed by atoms with Crippen molar-refractivity contribution < 1.29 is 19.1 Å². The molecule has 0 saturated heterocycles. The van der Waals surface area contributed by atoms with E-state index in [9.17, 15) is 9.59 Å². The van der Waals surface area contributed by atoms with Crippen molar-refractivity contribution in [1.82, 2.24) is 0 Å². The molecular formula is C16H22O4. The molecule has 0 aromatic heterocycles. The van der Waals surface area contributed by atoms with E-state index < -0.39 is 5.60 Å². The van der Waals surface area contributed by atoms with Gasteiger partial charge in [0.1, 0.15) is 11.4 Å². The van der Waals surface area contributed by atoms with E-state index in [1.807, 2.05) is 30.3 Å². The fraction of sp³-hybridized carbons (Fsp3) is 0.500. The van der Waals surface area contributed by atoms with Crippen LogP contribution in [0.5, 0.6) is 0 Å². The molecule has 0 N–H and O–H groups in total. The molecule has 1 aromatic rings. The predicted molar refractivity (Wildman–Crippen MR) is 76.3 cm³/mol. The summed E-state index contributed by atoms with van der Waals surface area (Å²) in [5.74, 6) is -0.243. The Morgan fingerprint density at radius 3 is 2.35 bits per heavy atom. The Morgan fingerprint density at radius 2 is 1.85 bits per heavy atom. The van der Waals surface area contributed by atoms with Gasteiger partial charge in [-0.3, -0.25) is 4.79 Å². The second-order valence-electron chi connectivity index (χ2n) is 4.75. The molecule has 0 heterocycles. The summed E-state index contributed by atoms with van der Waals surface area (Å²) in [6.07, 6.45) is 0.929. The lowest BCUT2D eigenvalue weighted by molar-refractivity contribution is -0.152. The number of hydrogen-bond acceptors (Lipinski definition) is 4. The Balaban J connectivity index is 3.02. The molecule has 0 aliphatic carbocycles. The van der Waals surface area contributed by atoms with Crippen LogP contribution in [0.3, 0.4) is 0 Å². The van der Waals surface area contributed by atoms with Crippen LogP contribution < -0.4 is 0 Å². The average molecular weight is 278 g/mol. The molecule has 1 unspecified atom stereocenters. The lowest BCUT2D eigenvalue weighted by Gasteiger charge is -2.32. The number of ketones is 1. The van der Waals surface area contributed by atoms with Gasteiger partial charge >= 0.3 is 5.97 Å². The van der Waals surface area contributed by atoms with Crippen LogP contribution in [0.1, 0.15) is 38.7 Å². The number of hydrogen-bond donors (Lipinski definition) is 0. The number of carbonyl (C=O) groups excluding carboxylic acids is 2. The molecule has 4 heteroatoms. The molecule has 1 aromatic carbocycles. The molecular weight excluding hydrogens is 256 g/mol. The summed E-state index contributed by atoms with van der Waals surface area (Å²) in [6, 6.07) is 9.50. The van der Waals surface area contributed by atoms with Crippen molar-refractivity contribution in [2.24, 2.45) is 0 Å². The second kappa shape index (κ2) is 7.80. The molecule has 0 fully saturated rings. The Bertz CT molecular complexity index is 441. The molecule has 1 atom stereocenters. The SMILES string of the molecule is CCOC(=O)CC(CCC(C)=O)(OC)c1ccccc1. The van der Waals surface area contributed by atoms with E-state index in [4.69, 9.17) is 9.47 Å². The van der Waals surface area contributed by atoms with Crippen LogP contribution in [0.2, 0.25) is 0 Å². The Labute approximate surface area is 120 Å². The van der Waals surface area contributed by atoms with Gasteiger partial charge in [-0.25, -0.2) is 0 Å². The first-order chi connectivity index (χ1) is 9.54. The number of Topliss-reactive ketones (excluding diaryl/α,β-unsaturated/α-hetero) is 1. The molecule has 0 aliphatic heterocycles. The minimum Gasteiger partial charge on any atom is -0.466 e. The van der Waals surface area contributed by atoms with Gasteiger partial charge in [-0.2, -0.15) is 0 Å². The summed E-state index contributed by atoms with van der Waals surface area (Å²) in [7, 11) is 1.56. The highest BCUT2D eigenvalue weighted by Crippen LogP contribution is 2.34. The molecule has 4 nitrogen and oxygen atoms in total. The zero-order valence-corrected chi connectivity index (χ0v) is 12.3. The standard InChI is InChI=1S/C16H22O4/c1-4-20-15(18)12-16(19-3,11-10-13(2)17)14-8-6-5-7-9-14/h5-9H,4,10-12H2,1-3H3. The summed E-state index contributed by atoms with van der Waals surface area (Å²) in [5, 5.41) is 0. The zero-order chi connectivity index (χ0) is 15.0. The number of ether oxygens (including phenoxy) is 2. The number of methoxy groups -OCH3 is 1. The highest BCUT2D eigenvalue weighted by Gasteiger charge is 2.35. The van der Waals surface area contributed by atoms with Crippen LogP contribution >= 0.6 is 0 Å². The maximum atomic E-state index is 11.8. The van der Waals surface area contributed by atoms with Crippen molar-refractivity contribution in [1.29, 1.82) is 0 Å². The molecule has 20 heavy (non-hydrogen) atoms. The van der Waals surface area contributed by atoms with Crippen LogP contribution in [0, 0.1) is 0 Å². The van der Waals surface area contributed by atoms with Crippen molar-refractivity contribution in [2.75, 3.05) is 13.7 Å². The van der Waals surface area contributed by atoms with Crippen LogP contribution in [0.15, 0.2) is 30.3 Å². The number of esters is 1.